The number of rotatable bonds is 5. The molecule has 0 unspecified atom stereocenters. The third-order valence-electron chi connectivity index (χ3n) is 1.84. The third kappa shape index (κ3) is 3.42. The molecule has 0 saturated heterocycles. The highest BCUT2D eigenvalue weighted by Gasteiger charge is 2.07. The van der Waals surface area contributed by atoms with Crippen LogP contribution in [0.15, 0.2) is 18.2 Å². The fourth-order valence-corrected chi connectivity index (χ4v) is 1.31. The second-order valence-electron chi connectivity index (χ2n) is 2.94. The van der Waals surface area contributed by atoms with Gasteiger partial charge in [0.05, 0.1) is 19.6 Å². The van der Waals surface area contributed by atoms with Gasteiger partial charge < -0.3 is 15.6 Å². The number of carbonyl (C=O) groups is 1. The van der Waals surface area contributed by atoms with Gasteiger partial charge in [-0.05, 0) is 12.1 Å². The summed E-state index contributed by atoms with van der Waals surface area (Å²) in [5.74, 6) is 0.0498. The Kier molecular flexibility index (Phi) is 4.39. The Morgan fingerprint density at radius 2 is 2.27 bits per heavy atom. The highest BCUT2D eigenvalue weighted by molar-refractivity contribution is 6.31. The van der Waals surface area contributed by atoms with Crippen LogP contribution >= 0.6 is 11.6 Å². The molecule has 0 spiro atoms. The van der Waals surface area contributed by atoms with Gasteiger partial charge in [-0.1, -0.05) is 17.7 Å². The van der Waals surface area contributed by atoms with Crippen molar-refractivity contribution in [3.05, 3.63) is 28.8 Å². The first-order chi connectivity index (χ1) is 7.15. The third-order valence-corrected chi connectivity index (χ3v) is 2.19. The Hall–Kier alpha value is -1.26. The number of aliphatic hydroxyl groups excluding tert-OH is 1. The number of amides is 1. The molecule has 0 fully saturated rings. The van der Waals surface area contributed by atoms with Crippen LogP contribution in [-0.4, -0.2) is 17.6 Å². The van der Waals surface area contributed by atoms with Crippen LogP contribution < -0.4 is 10.5 Å². The number of nitrogens with two attached hydrogens (primary N) is 1. The van der Waals surface area contributed by atoms with E-state index in [2.05, 4.69) is 0 Å². The predicted octanol–water partition coefficient (Wildman–Crippen LogP) is 1.09. The first-order valence-corrected chi connectivity index (χ1v) is 4.82. The van der Waals surface area contributed by atoms with Gasteiger partial charge in [0.25, 0.3) is 0 Å². The van der Waals surface area contributed by atoms with Crippen LogP contribution in [0.1, 0.15) is 12.0 Å². The molecule has 1 amide bonds. The molecule has 1 aromatic rings. The average Bonchev–Trinajstić information content (AvgIpc) is 2.17. The molecule has 15 heavy (non-hydrogen) atoms. The molecule has 0 atom stereocenters. The van der Waals surface area contributed by atoms with Crippen molar-refractivity contribution in [1.29, 1.82) is 0 Å². The van der Waals surface area contributed by atoms with E-state index in [0.29, 0.717) is 16.3 Å². The minimum absolute atomic E-state index is 0.136. The molecule has 0 radical (unpaired) electrons. The molecule has 82 valence electrons. The lowest BCUT2D eigenvalue weighted by atomic mass is 10.2. The monoisotopic (exact) mass is 229 g/mol. The molecule has 0 bridgehead atoms. The van der Waals surface area contributed by atoms with Crippen molar-refractivity contribution >= 4 is 17.5 Å². The highest BCUT2D eigenvalue weighted by Crippen LogP contribution is 2.26. The van der Waals surface area contributed by atoms with Crippen LogP contribution in [0.5, 0.6) is 5.75 Å². The minimum Gasteiger partial charge on any atom is -0.493 e. The highest BCUT2D eigenvalue weighted by atomic mass is 35.5. The van der Waals surface area contributed by atoms with E-state index in [1.165, 1.54) is 0 Å². The SMILES string of the molecule is NC(=O)CCOc1cccc(Cl)c1CO. The summed E-state index contributed by atoms with van der Waals surface area (Å²) in [4.78, 5) is 10.5. The Morgan fingerprint density at radius 3 is 2.87 bits per heavy atom. The zero-order chi connectivity index (χ0) is 11.3. The number of hydrogen-bond donors (Lipinski definition) is 2. The van der Waals surface area contributed by atoms with Crippen LogP contribution in [0.3, 0.4) is 0 Å². The quantitative estimate of drug-likeness (QED) is 0.794. The van der Waals surface area contributed by atoms with E-state index >= 15 is 0 Å². The predicted molar refractivity (Wildman–Crippen MR) is 56.7 cm³/mol. The van der Waals surface area contributed by atoms with Gasteiger partial charge in [0, 0.05) is 10.6 Å². The molecule has 3 N–H and O–H groups in total. The lowest BCUT2D eigenvalue weighted by molar-refractivity contribution is -0.118. The summed E-state index contributed by atoms with van der Waals surface area (Å²) in [6.45, 7) is -0.0196. The molecule has 0 aliphatic rings. The molecule has 0 aromatic heterocycles. The van der Waals surface area contributed by atoms with Crippen molar-refractivity contribution in [3.8, 4) is 5.75 Å². The van der Waals surface area contributed by atoms with Crippen molar-refractivity contribution in [2.45, 2.75) is 13.0 Å². The first kappa shape index (κ1) is 11.8. The first-order valence-electron chi connectivity index (χ1n) is 4.44. The molecule has 4 nitrogen and oxygen atoms in total. The lowest BCUT2D eigenvalue weighted by Gasteiger charge is -2.10. The van der Waals surface area contributed by atoms with Crippen molar-refractivity contribution in [2.75, 3.05) is 6.61 Å². The topological polar surface area (TPSA) is 72.6 Å². The number of carbonyl (C=O) groups excluding carboxylic acids is 1. The largest absolute Gasteiger partial charge is 0.493 e. The number of halogens is 1. The Labute approximate surface area is 92.6 Å². The second kappa shape index (κ2) is 5.58. The van der Waals surface area contributed by atoms with Gasteiger partial charge in [0.2, 0.25) is 5.91 Å². The summed E-state index contributed by atoms with van der Waals surface area (Å²) >= 11 is 5.84. The standard InChI is InChI=1S/C10H12ClNO3/c11-8-2-1-3-9(7(8)6-13)15-5-4-10(12)14/h1-3,13H,4-6H2,(H2,12,14). The van der Waals surface area contributed by atoms with E-state index in [4.69, 9.17) is 27.2 Å². The molecule has 0 saturated carbocycles. The van der Waals surface area contributed by atoms with Crippen LogP contribution in [0, 0.1) is 0 Å². The summed E-state index contributed by atoms with van der Waals surface area (Å²) < 4.78 is 5.27. The van der Waals surface area contributed by atoms with Crippen molar-refractivity contribution < 1.29 is 14.6 Å². The summed E-state index contributed by atoms with van der Waals surface area (Å²) in [5, 5.41) is 9.49. The van der Waals surface area contributed by atoms with Gasteiger partial charge in [-0.15, -0.1) is 0 Å². The molecule has 5 heteroatoms. The van der Waals surface area contributed by atoms with Gasteiger partial charge in [-0.2, -0.15) is 0 Å². The fraction of sp³-hybridized carbons (Fsp3) is 0.300. The Morgan fingerprint density at radius 1 is 1.53 bits per heavy atom. The van der Waals surface area contributed by atoms with E-state index in [9.17, 15) is 4.79 Å². The molecule has 0 heterocycles. The van der Waals surface area contributed by atoms with E-state index < -0.39 is 5.91 Å². The lowest BCUT2D eigenvalue weighted by Crippen LogP contribution is -2.15. The molecule has 1 rings (SSSR count). The zero-order valence-corrected chi connectivity index (χ0v) is 8.83. The number of aliphatic hydroxyl groups is 1. The summed E-state index contributed by atoms with van der Waals surface area (Å²) in [6, 6.07) is 5.05. The van der Waals surface area contributed by atoms with Crippen molar-refractivity contribution in [2.24, 2.45) is 5.73 Å². The number of benzene rings is 1. The number of primary amides is 1. The van der Waals surface area contributed by atoms with Crippen LogP contribution in [0.25, 0.3) is 0 Å². The van der Waals surface area contributed by atoms with Gasteiger partial charge in [0.15, 0.2) is 0 Å². The summed E-state index contributed by atoms with van der Waals surface area (Å²) in [6.07, 6.45) is 0.136. The van der Waals surface area contributed by atoms with Gasteiger partial charge >= 0.3 is 0 Å². The second-order valence-corrected chi connectivity index (χ2v) is 3.35. The Bertz CT molecular complexity index is 355. The van der Waals surface area contributed by atoms with Gasteiger partial charge in [-0.25, -0.2) is 0 Å². The van der Waals surface area contributed by atoms with Gasteiger partial charge in [-0.3, -0.25) is 4.79 Å². The van der Waals surface area contributed by atoms with E-state index in [1.807, 2.05) is 0 Å². The van der Waals surface area contributed by atoms with Crippen LogP contribution in [0.2, 0.25) is 5.02 Å². The zero-order valence-electron chi connectivity index (χ0n) is 8.07. The molecule has 0 aliphatic heterocycles. The fourth-order valence-electron chi connectivity index (χ4n) is 1.09. The van der Waals surface area contributed by atoms with Crippen molar-refractivity contribution in [1.82, 2.24) is 0 Å². The molecular formula is C10H12ClNO3. The minimum atomic E-state index is -0.428. The maximum Gasteiger partial charge on any atom is 0.220 e. The van der Waals surface area contributed by atoms with Crippen molar-refractivity contribution in [3.63, 3.8) is 0 Å². The molecule has 0 aliphatic carbocycles. The normalized spacial score (nSPS) is 10.0. The number of ether oxygens (including phenoxy) is 1. The Balaban J connectivity index is 2.67. The van der Waals surface area contributed by atoms with E-state index in [-0.39, 0.29) is 19.6 Å². The smallest absolute Gasteiger partial charge is 0.220 e. The van der Waals surface area contributed by atoms with Crippen LogP contribution in [-0.2, 0) is 11.4 Å². The molecular weight excluding hydrogens is 218 g/mol. The maximum atomic E-state index is 10.5. The summed E-state index contributed by atoms with van der Waals surface area (Å²) in [5.41, 5.74) is 5.48. The van der Waals surface area contributed by atoms with E-state index in [0.717, 1.165) is 0 Å². The average molecular weight is 230 g/mol. The van der Waals surface area contributed by atoms with Gasteiger partial charge in [0.1, 0.15) is 5.75 Å². The summed E-state index contributed by atoms with van der Waals surface area (Å²) in [7, 11) is 0. The maximum absolute atomic E-state index is 10.5. The van der Waals surface area contributed by atoms with Crippen LogP contribution in [0.4, 0.5) is 0 Å². The van der Waals surface area contributed by atoms with E-state index in [1.54, 1.807) is 18.2 Å². The number of hydrogen-bond acceptors (Lipinski definition) is 3. The molecule has 1 aromatic carbocycles.